The average Bonchev–Trinajstić information content (AvgIpc) is 2.46. The Hall–Kier alpha value is -3.09. The maximum absolute atomic E-state index is 11.7. The Morgan fingerprint density at radius 1 is 1.17 bits per heavy atom. The summed E-state index contributed by atoms with van der Waals surface area (Å²) in [5.41, 5.74) is 6.85. The molecule has 0 aliphatic carbocycles. The van der Waals surface area contributed by atoms with Gasteiger partial charge in [0.05, 0.1) is 0 Å². The van der Waals surface area contributed by atoms with Crippen LogP contribution in [0.15, 0.2) is 36.5 Å². The second kappa shape index (κ2) is 6.57. The first-order valence-corrected chi connectivity index (χ1v) is 7.25. The van der Waals surface area contributed by atoms with Crippen LogP contribution in [0.4, 0.5) is 16.3 Å². The number of carboxylic acids is 1. The van der Waals surface area contributed by atoms with Crippen molar-refractivity contribution in [2.75, 3.05) is 11.1 Å². The summed E-state index contributed by atoms with van der Waals surface area (Å²) in [6.45, 7) is 5.34. The van der Waals surface area contributed by atoms with Crippen LogP contribution in [0.25, 0.3) is 11.1 Å². The molecule has 0 atom stereocenters. The first-order chi connectivity index (χ1) is 11.2. The van der Waals surface area contributed by atoms with Crippen LogP contribution in [0.1, 0.15) is 31.1 Å². The Labute approximate surface area is 139 Å². The molecule has 7 nitrogen and oxygen atoms in total. The van der Waals surface area contributed by atoms with Gasteiger partial charge in [-0.3, -0.25) is 5.32 Å². The number of amides is 1. The number of nitrogens with one attached hydrogen (secondary N) is 1. The number of aromatic carboxylic acids is 1. The predicted octanol–water partition coefficient (Wildman–Crippen LogP) is 3.38. The van der Waals surface area contributed by atoms with Gasteiger partial charge in [0.25, 0.3) is 0 Å². The van der Waals surface area contributed by atoms with Crippen LogP contribution in [0.5, 0.6) is 0 Å². The minimum atomic E-state index is -1.13. The molecule has 0 aliphatic heterocycles. The molecule has 0 aliphatic rings. The van der Waals surface area contributed by atoms with Gasteiger partial charge in [-0.25, -0.2) is 14.6 Å². The van der Waals surface area contributed by atoms with Gasteiger partial charge in [-0.2, -0.15) is 0 Å². The number of nitrogens with two attached hydrogens (primary N) is 1. The van der Waals surface area contributed by atoms with E-state index in [0.717, 1.165) is 5.56 Å². The second-order valence-electron chi connectivity index (χ2n) is 6.17. The number of nitrogens with zero attached hydrogens (tertiary/aromatic N) is 1. The van der Waals surface area contributed by atoms with Gasteiger partial charge in [0, 0.05) is 17.4 Å². The van der Waals surface area contributed by atoms with E-state index in [9.17, 15) is 9.59 Å². The molecule has 2 aromatic rings. The summed E-state index contributed by atoms with van der Waals surface area (Å²) in [6.07, 6.45) is 0.954. The fourth-order valence-electron chi connectivity index (χ4n) is 1.97. The monoisotopic (exact) mass is 329 g/mol. The minimum absolute atomic E-state index is 0.0329. The molecule has 0 unspecified atom stereocenters. The van der Waals surface area contributed by atoms with Crippen LogP contribution >= 0.6 is 0 Å². The van der Waals surface area contributed by atoms with E-state index in [1.807, 2.05) is 0 Å². The zero-order valence-corrected chi connectivity index (χ0v) is 13.7. The number of hydrogen-bond acceptors (Lipinski definition) is 5. The van der Waals surface area contributed by atoms with Gasteiger partial charge in [-0.05, 0) is 44.5 Å². The van der Waals surface area contributed by atoms with Gasteiger partial charge in [0.1, 0.15) is 17.0 Å². The fourth-order valence-corrected chi connectivity index (χ4v) is 1.97. The third kappa shape index (κ3) is 4.45. The van der Waals surface area contributed by atoms with Gasteiger partial charge in [0.15, 0.2) is 0 Å². The highest BCUT2D eigenvalue weighted by molar-refractivity contribution is 5.94. The predicted molar refractivity (Wildman–Crippen MR) is 90.9 cm³/mol. The van der Waals surface area contributed by atoms with Gasteiger partial charge in [0.2, 0.25) is 0 Å². The van der Waals surface area contributed by atoms with Crippen molar-refractivity contribution < 1.29 is 19.4 Å². The summed E-state index contributed by atoms with van der Waals surface area (Å²) in [4.78, 5) is 26.7. The molecule has 0 saturated heterocycles. The molecule has 0 fully saturated rings. The molecule has 2 rings (SSSR count). The quantitative estimate of drug-likeness (QED) is 0.795. The first-order valence-electron chi connectivity index (χ1n) is 7.25. The smallest absolute Gasteiger partial charge is 0.412 e. The van der Waals surface area contributed by atoms with Gasteiger partial charge in [-0.1, -0.05) is 12.1 Å². The maximum Gasteiger partial charge on any atom is 0.412 e. The Kier molecular flexibility index (Phi) is 4.73. The number of carbonyl (C=O) groups excluding carboxylic acids is 1. The van der Waals surface area contributed by atoms with E-state index < -0.39 is 17.7 Å². The first kappa shape index (κ1) is 17.3. The third-order valence-electron chi connectivity index (χ3n) is 3.01. The zero-order valence-electron chi connectivity index (χ0n) is 13.7. The topological polar surface area (TPSA) is 115 Å². The molecule has 1 aromatic heterocycles. The van der Waals surface area contributed by atoms with E-state index in [-0.39, 0.29) is 11.4 Å². The number of carboxylic acid groups (broad SMARTS) is 1. The van der Waals surface area contributed by atoms with Gasteiger partial charge < -0.3 is 15.6 Å². The molecule has 7 heteroatoms. The Morgan fingerprint density at radius 3 is 2.33 bits per heavy atom. The van der Waals surface area contributed by atoms with Crippen molar-refractivity contribution in [3.63, 3.8) is 0 Å². The third-order valence-corrected chi connectivity index (χ3v) is 3.01. The van der Waals surface area contributed by atoms with E-state index in [1.165, 1.54) is 12.3 Å². The average molecular weight is 329 g/mol. The lowest BCUT2D eigenvalue weighted by Gasteiger charge is -2.19. The number of nitrogen functional groups attached to an aromatic ring is 1. The summed E-state index contributed by atoms with van der Waals surface area (Å²) < 4.78 is 5.17. The van der Waals surface area contributed by atoms with Crippen molar-refractivity contribution in [1.29, 1.82) is 0 Å². The van der Waals surface area contributed by atoms with E-state index in [0.29, 0.717) is 11.3 Å². The van der Waals surface area contributed by atoms with E-state index in [4.69, 9.17) is 15.6 Å². The Bertz CT molecular complexity index is 764. The number of carbonyl (C=O) groups is 2. The van der Waals surface area contributed by atoms with Gasteiger partial charge in [-0.15, -0.1) is 0 Å². The van der Waals surface area contributed by atoms with Crippen LogP contribution in [0, 0.1) is 0 Å². The van der Waals surface area contributed by atoms with Crippen LogP contribution in [-0.4, -0.2) is 27.8 Å². The molecule has 24 heavy (non-hydrogen) atoms. The number of aromatic nitrogens is 1. The zero-order chi connectivity index (χ0) is 17.9. The summed E-state index contributed by atoms with van der Waals surface area (Å²) in [5, 5.41) is 11.7. The van der Waals surface area contributed by atoms with Crippen molar-refractivity contribution in [2.45, 2.75) is 26.4 Å². The molecule has 4 N–H and O–H groups in total. The van der Waals surface area contributed by atoms with Crippen molar-refractivity contribution >= 4 is 23.6 Å². The van der Waals surface area contributed by atoms with Crippen molar-refractivity contribution in [3.05, 3.63) is 42.1 Å². The number of anilines is 2. The Morgan fingerprint density at radius 2 is 1.79 bits per heavy atom. The maximum atomic E-state index is 11.7. The minimum Gasteiger partial charge on any atom is -0.478 e. The molecule has 0 spiro atoms. The van der Waals surface area contributed by atoms with Crippen molar-refractivity contribution in [3.8, 4) is 11.1 Å². The summed E-state index contributed by atoms with van der Waals surface area (Å²) in [7, 11) is 0. The largest absolute Gasteiger partial charge is 0.478 e. The molecule has 1 heterocycles. The van der Waals surface area contributed by atoms with Gasteiger partial charge >= 0.3 is 12.1 Å². The second-order valence-corrected chi connectivity index (χ2v) is 6.17. The van der Waals surface area contributed by atoms with Crippen molar-refractivity contribution in [1.82, 2.24) is 4.98 Å². The molecule has 1 aromatic carbocycles. The summed E-state index contributed by atoms with van der Waals surface area (Å²) >= 11 is 0. The highest BCUT2D eigenvalue weighted by Crippen LogP contribution is 2.24. The van der Waals surface area contributed by atoms with E-state index in [1.54, 1.807) is 45.0 Å². The molecule has 126 valence electrons. The van der Waals surface area contributed by atoms with E-state index >= 15 is 0 Å². The lowest BCUT2D eigenvalue weighted by Crippen LogP contribution is -2.27. The SMILES string of the molecule is CC(C)(C)OC(=O)Nc1ccc(-c2cnc(N)c(C(=O)O)c2)cc1. The van der Waals surface area contributed by atoms with Crippen molar-refractivity contribution in [2.24, 2.45) is 0 Å². The normalized spacial score (nSPS) is 11.0. The van der Waals surface area contributed by atoms with Crippen LogP contribution in [0.3, 0.4) is 0 Å². The molecule has 0 radical (unpaired) electrons. The molecule has 0 saturated carbocycles. The Balaban J connectivity index is 2.16. The van der Waals surface area contributed by atoms with Crippen LogP contribution < -0.4 is 11.1 Å². The number of pyridine rings is 1. The standard InChI is InChI=1S/C17H19N3O4/c1-17(2,3)24-16(23)20-12-6-4-10(5-7-12)11-8-13(15(21)22)14(18)19-9-11/h4-9H,1-3H3,(H2,18,19)(H,20,23)(H,21,22). The summed E-state index contributed by atoms with van der Waals surface area (Å²) in [5.74, 6) is -1.17. The summed E-state index contributed by atoms with van der Waals surface area (Å²) in [6, 6.07) is 8.32. The highest BCUT2D eigenvalue weighted by atomic mass is 16.6. The lowest BCUT2D eigenvalue weighted by molar-refractivity contribution is 0.0634. The van der Waals surface area contributed by atoms with Crippen LogP contribution in [0.2, 0.25) is 0 Å². The number of benzene rings is 1. The molecule has 1 amide bonds. The molecular formula is C17H19N3O4. The number of rotatable bonds is 3. The van der Waals surface area contributed by atoms with E-state index in [2.05, 4.69) is 10.3 Å². The van der Waals surface area contributed by atoms with Crippen LogP contribution in [-0.2, 0) is 4.74 Å². The molecular weight excluding hydrogens is 310 g/mol. The molecule has 0 bridgehead atoms. The lowest BCUT2D eigenvalue weighted by atomic mass is 10.1. The number of ether oxygens (including phenoxy) is 1. The number of hydrogen-bond donors (Lipinski definition) is 3. The fraction of sp³-hybridized carbons (Fsp3) is 0.235. The highest BCUT2D eigenvalue weighted by Gasteiger charge is 2.16.